The van der Waals surface area contributed by atoms with Crippen LogP contribution >= 0.6 is 0 Å². The van der Waals surface area contributed by atoms with Crippen LogP contribution in [0, 0.1) is 12.7 Å². The van der Waals surface area contributed by atoms with Gasteiger partial charge in [-0.15, -0.1) is 0 Å². The van der Waals surface area contributed by atoms with Gasteiger partial charge in [-0.3, -0.25) is 9.59 Å². The number of nitrogens with zero attached hydrogens (tertiary/aromatic N) is 1. The minimum Gasteiger partial charge on any atom is -0.494 e. The fourth-order valence-electron chi connectivity index (χ4n) is 3.55. The highest BCUT2D eigenvalue weighted by Crippen LogP contribution is 2.35. The Kier molecular flexibility index (Phi) is 6.88. The number of amides is 2. The maximum atomic E-state index is 13.4. The highest BCUT2D eigenvalue weighted by molar-refractivity contribution is 6.05. The van der Waals surface area contributed by atoms with Crippen molar-refractivity contribution in [2.75, 3.05) is 30.0 Å². The predicted molar refractivity (Wildman–Crippen MR) is 125 cm³/mol. The van der Waals surface area contributed by atoms with E-state index in [1.54, 1.807) is 23.1 Å². The second-order valence-corrected chi connectivity index (χ2v) is 7.85. The van der Waals surface area contributed by atoms with E-state index in [-0.39, 0.29) is 18.1 Å². The molecule has 0 bridgehead atoms. The number of fused-ring (bicyclic) bond motifs is 1. The second kappa shape index (κ2) is 10.2. The molecule has 170 valence electrons. The van der Waals surface area contributed by atoms with Crippen LogP contribution < -0.4 is 19.7 Å². The van der Waals surface area contributed by atoms with E-state index in [2.05, 4.69) is 5.32 Å². The van der Waals surface area contributed by atoms with E-state index in [1.807, 2.05) is 31.2 Å². The summed E-state index contributed by atoms with van der Waals surface area (Å²) in [6.45, 7) is 3.06. The average Bonchev–Trinajstić information content (AvgIpc) is 2.81. The van der Waals surface area contributed by atoms with Crippen LogP contribution in [-0.2, 0) is 4.79 Å². The first-order chi connectivity index (χ1) is 16.0. The molecule has 0 radical (unpaired) electrons. The number of rotatable bonds is 8. The van der Waals surface area contributed by atoms with Gasteiger partial charge in [0.05, 0.1) is 12.3 Å². The Morgan fingerprint density at radius 3 is 2.70 bits per heavy atom. The number of carbonyl (C=O) groups excluding carboxylic acids is 2. The van der Waals surface area contributed by atoms with E-state index in [0.29, 0.717) is 30.3 Å². The Morgan fingerprint density at radius 1 is 1.09 bits per heavy atom. The third-order valence-corrected chi connectivity index (χ3v) is 5.31. The number of ether oxygens (including phenoxy) is 2. The molecule has 0 spiro atoms. The molecule has 3 aromatic carbocycles. The Balaban J connectivity index is 1.37. The molecule has 3 aromatic rings. The number of carbonyl (C=O) groups is 2. The summed E-state index contributed by atoms with van der Waals surface area (Å²) in [5, 5.41) is 2.75. The third kappa shape index (κ3) is 5.68. The molecule has 33 heavy (non-hydrogen) atoms. The first-order valence-electron chi connectivity index (χ1n) is 10.8. The minimum atomic E-state index is -0.482. The van der Waals surface area contributed by atoms with Gasteiger partial charge in [0.25, 0.3) is 11.8 Å². The van der Waals surface area contributed by atoms with Gasteiger partial charge in [0.2, 0.25) is 0 Å². The van der Waals surface area contributed by atoms with Crippen molar-refractivity contribution in [2.45, 2.75) is 19.8 Å². The van der Waals surface area contributed by atoms with Crippen molar-refractivity contribution >= 4 is 23.2 Å². The fraction of sp³-hybridized carbons (Fsp3) is 0.231. The van der Waals surface area contributed by atoms with E-state index in [4.69, 9.17) is 9.47 Å². The average molecular weight is 448 g/mol. The summed E-state index contributed by atoms with van der Waals surface area (Å²) in [6, 6.07) is 18.5. The molecule has 0 aliphatic carbocycles. The molecule has 1 N–H and O–H groups in total. The lowest BCUT2D eigenvalue weighted by molar-refractivity contribution is -0.121. The smallest absolute Gasteiger partial charge is 0.265 e. The van der Waals surface area contributed by atoms with Crippen LogP contribution in [0.1, 0.15) is 28.8 Å². The van der Waals surface area contributed by atoms with Crippen LogP contribution in [0.2, 0.25) is 0 Å². The zero-order valence-corrected chi connectivity index (χ0v) is 18.3. The van der Waals surface area contributed by atoms with E-state index in [9.17, 15) is 14.0 Å². The molecule has 4 rings (SSSR count). The van der Waals surface area contributed by atoms with Gasteiger partial charge in [-0.05, 0) is 68.3 Å². The van der Waals surface area contributed by atoms with Crippen molar-refractivity contribution in [1.82, 2.24) is 0 Å². The monoisotopic (exact) mass is 448 g/mol. The molecule has 7 heteroatoms. The van der Waals surface area contributed by atoms with E-state index in [1.165, 1.54) is 29.8 Å². The Bertz CT molecular complexity index is 1150. The van der Waals surface area contributed by atoms with Crippen molar-refractivity contribution in [3.05, 3.63) is 83.7 Å². The van der Waals surface area contributed by atoms with Crippen LogP contribution in [-0.4, -0.2) is 31.6 Å². The summed E-state index contributed by atoms with van der Waals surface area (Å²) < 4.78 is 24.7. The van der Waals surface area contributed by atoms with Gasteiger partial charge in [0, 0.05) is 17.8 Å². The normalized spacial score (nSPS) is 12.7. The molecule has 2 amide bonds. The maximum absolute atomic E-state index is 13.4. The molecule has 1 heterocycles. The lowest BCUT2D eigenvalue weighted by atomic mass is 10.1. The third-order valence-electron chi connectivity index (χ3n) is 5.31. The summed E-state index contributed by atoms with van der Waals surface area (Å²) in [5.74, 6) is 0.346. The molecule has 0 unspecified atom stereocenters. The molecule has 1 aliphatic heterocycles. The molecular formula is C26H25FN2O4. The summed E-state index contributed by atoms with van der Waals surface area (Å²) in [7, 11) is 0. The zero-order chi connectivity index (χ0) is 23.2. The van der Waals surface area contributed by atoms with E-state index < -0.39 is 11.7 Å². The SMILES string of the molecule is Cc1ccc(OCCCCN2C(=O)COc3ccc(NC(=O)c4cccc(F)c4)cc32)cc1. The molecule has 1 aliphatic rings. The number of halogens is 1. The maximum Gasteiger partial charge on any atom is 0.265 e. The quantitative estimate of drug-likeness (QED) is 0.494. The molecule has 0 atom stereocenters. The van der Waals surface area contributed by atoms with Gasteiger partial charge in [-0.2, -0.15) is 0 Å². The standard InChI is InChI=1S/C26H25FN2O4/c1-18-7-10-22(11-8-18)32-14-3-2-13-29-23-16-21(9-12-24(23)33-17-25(29)30)28-26(31)19-5-4-6-20(27)15-19/h4-12,15-16H,2-3,13-14,17H2,1H3,(H,28,31). The molecule has 6 nitrogen and oxygen atoms in total. The van der Waals surface area contributed by atoms with Crippen LogP contribution in [0.4, 0.5) is 15.8 Å². The zero-order valence-electron chi connectivity index (χ0n) is 18.3. The van der Waals surface area contributed by atoms with Crippen molar-refractivity contribution in [3.63, 3.8) is 0 Å². The first-order valence-corrected chi connectivity index (χ1v) is 10.8. The van der Waals surface area contributed by atoms with Crippen LogP contribution in [0.3, 0.4) is 0 Å². The molecule has 0 aromatic heterocycles. The topological polar surface area (TPSA) is 67.9 Å². The number of aryl methyl sites for hydroxylation is 1. The minimum absolute atomic E-state index is 0.0259. The largest absolute Gasteiger partial charge is 0.494 e. The van der Waals surface area contributed by atoms with Gasteiger partial charge in [-0.1, -0.05) is 23.8 Å². The second-order valence-electron chi connectivity index (χ2n) is 7.85. The van der Waals surface area contributed by atoms with Crippen molar-refractivity contribution in [1.29, 1.82) is 0 Å². The van der Waals surface area contributed by atoms with Gasteiger partial charge in [0.1, 0.15) is 17.3 Å². The lowest BCUT2D eigenvalue weighted by Crippen LogP contribution is -2.39. The highest BCUT2D eigenvalue weighted by Gasteiger charge is 2.25. The van der Waals surface area contributed by atoms with Gasteiger partial charge < -0.3 is 19.7 Å². The van der Waals surface area contributed by atoms with Crippen molar-refractivity contribution < 1.29 is 23.5 Å². The van der Waals surface area contributed by atoms with Gasteiger partial charge in [-0.25, -0.2) is 4.39 Å². The molecule has 0 saturated carbocycles. The molecular weight excluding hydrogens is 423 g/mol. The summed E-state index contributed by atoms with van der Waals surface area (Å²) in [5.41, 5.74) is 2.49. The Morgan fingerprint density at radius 2 is 1.91 bits per heavy atom. The molecule has 0 fully saturated rings. The lowest BCUT2D eigenvalue weighted by Gasteiger charge is -2.30. The number of hydrogen-bond donors (Lipinski definition) is 1. The number of benzene rings is 3. The first kappa shape index (κ1) is 22.3. The van der Waals surface area contributed by atoms with E-state index >= 15 is 0 Å². The predicted octanol–water partition coefficient (Wildman–Crippen LogP) is 4.97. The van der Waals surface area contributed by atoms with Crippen molar-refractivity contribution in [2.24, 2.45) is 0 Å². The van der Waals surface area contributed by atoms with Crippen LogP contribution in [0.25, 0.3) is 0 Å². The summed E-state index contributed by atoms with van der Waals surface area (Å²) in [6.07, 6.45) is 1.53. The van der Waals surface area contributed by atoms with Crippen LogP contribution in [0.5, 0.6) is 11.5 Å². The number of unbranched alkanes of at least 4 members (excludes halogenated alkanes) is 1. The Hall–Kier alpha value is -3.87. The van der Waals surface area contributed by atoms with Crippen molar-refractivity contribution in [3.8, 4) is 11.5 Å². The highest BCUT2D eigenvalue weighted by atomic mass is 19.1. The van der Waals surface area contributed by atoms with Gasteiger partial charge >= 0.3 is 0 Å². The number of nitrogens with one attached hydrogen (secondary N) is 1. The Labute approximate surface area is 191 Å². The number of hydrogen-bond acceptors (Lipinski definition) is 4. The molecule has 0 saturated heterocycles. The van der Waals surface area contributed by atoms with Crippen LogP contribution in [0.15, 0.2) is 66.7 Å². The number of anilines is 2. The fourth-order valence-corrected chi connectivity index (χ4v) is 3.55. The van der Waals surface area contributed by atoms with Gasteiger partial charge in [0.15, 0.2) is 6.61 Å². The summed E-state index contributed by atoms with van der Waals surface area (Å²) in [4.78, 5) is 26.6. The van der Waals surface area contributed by atoms with E-state index in [0.717, 1.165) is 18.6 Å². The summed E-state index contributed by atoms with van der Waals surface area (Å²) >= 11 is 0.